The van der Waals surface area contributed by atoms with Gasteiger partial charge in [0, 0.05) is 18.1 Å². The molecular weight excluding hydrogens is 270 g/mol. The van der Waals surface area contributed by atoms with Crippen molar-refractivity contribution in [2.24, 2.45) is 0 Å². The van der Waals surface area contributed by atoms with Crippen molar-refractivity contribution in [2.75, 3.05) is 7.11 Å². The lowest BCUT2D eigenvalue weighted by molar-refractivity contribution is 0.0598. The van der Waals surface area contributed by atoms with Gasteiger partial charge in [-0.3, -0.25) is 4.79 Å². The molecule has 3 rings (SSSR count). The minimum absolute atomic E-state index is 0.221. The minimum Gasteiger partial charge on any atom is -0.465 e. The lowest BCUT2D eigenvalue weighted by atomic mass is 9.98. The number of esters is 1. The fourth-order valence-corrected chi connectivity index (χ4v) is 2.93. The first-order valence-corrected chi connectivity index (χ1v) is 7.06. The molecule has 0 spiro atoms. The third kappa shape index (κ3) is 2.49. The van der Waals surface area contributed by atoms with E-state index in [1.165, 1.54) is 11.8 Å². The number of H-pyrrole nitrogens is 1. The summed E-state index contributed by atoms with van der Waals surface area (Å²) in [5, 5.41) is 4.05. The van der Waals surface area contributed by atoms with E-state index in [1.807, 2.05) is 0 Å². The van der Waals surface area contributed by atoms with Gasteiger partial charge in [0.05, 0.1) is 12.7 Å². The van der Waals surface area contributed by atoms with Gasteiger partial charge in [-0.15, -0.1) is 0 Å². The van der Waals surface area contributed by atoms with E-state index in [1.54, 1.807) is 24.5 Å². The zero-order valence-corrected chi connectivity index (χ0v) is 11.8. The van der Waals surface area contributed by atoms with Crippen molar-refractivity contribution in [1.29, 1.82) is 0 Å². The van der Waals surface area contributed by atoms with Gasteiger partial charge in [-0.2, -0.15) is 5.10 Å². The number of carbonyl (C=O) groups is 1. The smallest absolute Gasteiger partial charge is 0.339 e. The van der Waals surface area contributed by atoms with E-state index in [4.69, 9.17) is 4.74 Å². The average Bonchev–Trinajstić information content (AvgIpc) is 3.19. The van der Waals surface area contributed by atoms with Crippen molar-refractivity contribution in [3.63, 3.8) is 0 Å². The van der Waals surface area contributed by atoms with E-state index in [0.717, 1.165) is 25.7 Å². The number of hydrogen-bond donors (Lipinski definition) is 1. The van der Waals surface area contributed by atoms with Crippen molar-refractivity contribution >= 4 is 5.97 Å². The molecule has 6 heteroatoms. The second-order valence-electron chi connectivity index (χ2n) is 5.23. The van der Waals surface area contributed by atoms with Crippen LogP contribution in [0.4, 0.5) is 0 Å². The number of rotatable bonds is 3. The molecule has 0 aromatic carbocycles. The van der Waals surface area contributed by atoms with Gasteiger partial charge >= 0.3 is 5.97 Å². The summed E-state index contributed by atoms with van der Waals surface area (Å²) >= 11 is 0. The summed E-state index contributed by atoms with van der Waals surface area (Å²) in [6, 6.07) is 3.30. The third-order valence-electron chi connectivity index (χ3n) is 3.97. The Hall–Kier alpha value is -2.37. The van der Waals surface area contributed by atoms with Crippen molar-refractivity contribution in [1.82, 2.24) is 14.8 Å². The zero-order chi connectivity index (χ0) is 14.8. The van der Waals surface area contributed by atoms with E-state index in [0.29, 0.717) is 16.9 Å². The fourth-order valence-electron chi connectivity index (χ4n) is 2.93. The van der Waals surface area contributed by atoms with Gasteiger partial charge < -0.3 is 9.72 Å². The van der Waals surface area contributed by atoms with Crippen molar-refractivity contribution in [3.8, 4) is 5.69 Å². The quantitative estimate of drug-likeness (QED) is 0.876. The van der Waals surface area contributed by atoms with E-state index >= 15 is 0 Å². The van der Waals surface area contributed by atoms with Gasteiger partial charge in [-0.25, -0.2) is 9.48 Å². The molecule has 0 atom stereocenters. The summed E-state index contributed by atoms with van der Waals surface area (Å²) in [6.07, 6.45) is 7.47. The molecule has 0 saturated heterocycles. The Bertz CT molecular complexity index is 697. The standard InChI is InChI=1S/C15H17N3O3/c1-21-15(20)11-9-12(18-8-4-7-16-18)14(19)17-13(11)10-5-2-3-6-10/h4,7-10H,2-3,5-6H2,1H3,(H,17,19). The minimum atomic E-state index is -0.429. The molecule has 1 N–H and O–H groups in total. The summed E-state index contributed by atoms with van der Waals surface area (Å²) in [7, 11) is 1.35. The number of hydrogen-bond acceptors (Lipinski definition) is 4. The lowest BCUT2D eigenvalue weighted by Crippen LogP contribution is -2.22. The Kier molecular flexibility index (Phi) is 3.60. The molecule has 2 heterocycles. The molecule has 1 saturated carbocycles. The fraction of sp³-hybridized carbons (Fsp3) is 0.400. The number of methoxy groups -OCH3 is 1. The number of ether oxygens (including phenoxy) is 1. The highest BCUT2D eigenvalue weighted by Crippen LogP contribution is 2.34. The van der Waals surface area contributed by atoms with Gasteiger partial charge in [0.2, 0.25) is 0 Å². The van der Waals surface area contributed by atoms with Crippen LogP contribution in [0.3, 0.4) is 0 Å². The van der Waals surface area contributed by atoms with Crippen LogP contribution in [-0.2, 0) is 4.74 Å². The molecule has 2 aromatic rings. The predicted molar refractivity (Wildman–Crippen MR) is 76.7 cm³/mol. The van der Waals surface area contributed by atoms with Gasteiger partial charge in [0.15, 0.2) is 0 Å². The molecular formula is C15H17N3O3. The topological polar surface area (TPSA) is 77.0 Å². The average molecular weight is 287 g/mol. The van der Waals surface area contributed by atoms with Crippen molar-refractivity contribution in [3.05, 3.63) is 46.1 Å². The van der Waals surface area contributed by atoms with Crippen LogP contribution in [-0.4, -0.2) is 27.8 Å². The molecule has 0 aliphatic heterocycles. The molecule has 2 aromatic heterocycles. The highest BCUT2D eigenvalue weighted by Gasteiger charge is 2.25. The maximum Gasteiger partial charge on any atom is 0.339 e. The van der Waals surface area contributed by atoms with Crippen LogP contribution in [0.25, 0.3) is 5.69 Å². The van der Waals surface area contributed by atoms with Crippen LogP contribution < -0.4 is 5.56 Å². The molecule has 0 radical (unpaired) electrons. The molecule has 0 unspecified atom stereocenters. The van der Waals surface area contributed by atoms with Crippen LogP contribution in [0.15, 0.2) is 29.3 Å². The van der Waals surface area contributed by atoms with E-state index < -0.39 is 5.97 Å². The van der Waals surface area contributed by atoms with Crippen LogP contribution >= 0.6 is 0 Å². The van der Waals surface area contributed by atoms with Crippen molar-refractivity contribution in [2.45, 2.75) is 31.6 Å². The third-order valence-corrected chi connectivity index (χ3v) is 3.97. The monoisotopic (exact) mass is 287 g/mol. The Balaban J connectivity index is 2.14. The highest BCUT2D eigenvalue weighted by molar-refractivity contribution is 5.91. The second kappa shape index (κ2) is 5.55. The number of aromatic nitrogens is 3. The number of nitrogens with zero attached hydrogens (tertiary/aromatic N) is 2. The normalized spacial score (nSPS) is 15.3. The Morgan fingerprint density at radius 3 is 2.81 bits per heavy atom. The Labute approximate surface area is 121 Å². The summed E-state index contributed by atoms with van der Waals surface area (Å²) in [4.78, 5) is 27.2. The molecule has 6 nitrogen and oxygen atoms in total. The van der Waals surface area contributed by atoms with Gasteiger partial charge in [0.25, 0.3) is 5.56 Å². The first-order chi connectivity index (χ1) is 10.2. The molecule has 1 aliphatic carbocycles. The first-order valence-electron chi connectivity index (χ1n) is 7.06. The largest absolute Gasteiger partial charge is 0.465 e. The second-order valence-corrected chi connectivity index (χ2v) is 5.23. The van der Waals surface area contributed by atoms with Gasteiger partial charge in [0.1, 0.15) is 5.69 Å². The molecule has 110 valence electrons. The summed E-state index contributed by atoms with van der Waals surface area (Å²) < 4.78 is 6.31. The van der Waals surface area contributed by atoms with Crippen LogP contribution in [0.5, 0.6) is 0 Å². The maximum atomic E-state index is 12.3. The molecule has 1 aliphatic rings. The Morgan fingerprint density at radius 1 is 1.43 bits per heavy atom. The molecule has 0 amide bonds. The van der Waals surface area contributed by atoms with E-state index in [9.17, 15) is 9.59 Å². The van der Waals surface area contributed by atoms with E-state index in [2.05, 4.69) is 10.1 Å². The number of nitrogens with one attached hydrogen (secondary N) is 1. The molecule has 21 heavy (non-hydrogen) atoms. The number of pyridine rings is 1. The highest BCUT2D eigenvalue weighted by atomic mass is 16.5. The van der Waals surface area contributed by atoms with Gasteiger partial charge in [-0.1, -0.05) is 12.8 Å². The number of carbonyl (C=O) groups excluding carboxylic acids is 1. The van der Waals surface area contributed by atoms with Gasteiger partial charge in [-0.05, 0) is 30.9 Å². The Morgan fingerprint density at radius 2 is 2.19 bits per heavy atom. The number of aromatic amines is 1. The van der Waals surface area contributed by atoms with Crippen molar-refractivity contribution < 1.29 is 9.53 Å². The summed E-state index contributed by atoms with van der Waals surface area (Å²) in [5.41, 5.74) is 1.20. The summed E-state index contributed by atoms with van der Waals surface area (Å²) in [6.45, 7) is 0. The lowest BCUT2D eigenvalue weighted by Gasteiger charge is -2.15. The van der Waals surface area contributed by atoms with E-state index in [-0.39, 0.29) is 11.5 Å². The van der Waals surface area contributed by atoms with Crippen LogP contribution in [0.1, 0.15) is 47.7 Å². The summed E-state index contributed by atoms with van der Waals surface area (Å²) in [5.74, 6) is -0.208. The SMILES string of the molecule is COC(=O)c1cc(-n2cccn2)c(=O)[nH]c1C1CCCC1. The van der Waals surface area contributed by atoms with Crippen LogP contribution in [0.2, 0.25) is 0 Å². The van der Waals surface area contributed by atoms with Crippen LogP contribution in [0, 0.1) is 0 Å². The maximum absolute atomic E-state index is 12.3. The first kappa shape index (κ1) is 13.6. The molecule has 1 fully saturated rings. The predicted octanol–water partition coefficient (Wildman–Crippen LogP) is 2.00. The molecule has 0 bridgehead atoms. The zero-order valence-electron chi connectivity index (χ0n) is 11.8.